The fourth-order valence-corrected chi connectivity index (χ4v) is 3.56. The van der Waals surface area contributed by atoms with Gasteiger partial charge in [-0.25, -0.2) is 4.79 Å². The Labute approximate surface area is 184 Å². The Balaban J connectivity index is 1.56. The highest BCUT2D eigenvalue weighted by molar-refractivity contribution is 6.65. The number of allylic oxidation sites excluding steroid dienone is 2. The molecule has 32 heavy (non-hydrogen) atoms. The number of nitrogens with zero attached hydrogens (tertiary/aromatic N) is 3. The lowest BCUT2D eigenvalue weighted by molar-refractivity contribution is -0.142. The molecule has 0 saturated heterocycles. The standard InChI is InChI=1S/C24H22N4O4/c1-15-9-10-18(12-16(15)2)28-22(30)20(14-25-28)26-27-24(23(31)32)11-5-6-17(13-24)19-7-3-4-8-21(19)29/h3-12,14,27,29H,13H2,1-2H3,(H,31,32)/b26-20-. The monoisotopic (exact) mass is 430 g/mol. The number of aromatic hydroxyl groups is 1. The van der Waals surface area contributed by atoms with Crippen molar-refractivity contribution in [2.45, 2.75) is 25.8 Å². The van der Waals surface area contributed by atoms with E-state index >= 15 is 0 Å². The first-order valence-corrected chi connectivity index (χ1v) is 10.0. The fraction of sp³-hybridized carbons (Fsp3) is 0.167. The molecule has 0 spiro atoms. The summed E-state index contributed by atoms with van der Waals surface area (Å²) in [6, 6.07) is 12.3. The number of nitrogens with one attached hydrogen (secondary N) is 1. The Morgan fingerprint density at radius 1 is 1.19 bits per heavy atom. The number of aryl methyl sites for hydroxylation is 2. The number of para-hydroxylation sites is 1. The maximum absolute atomic E-state index is 12.8. The van der Waals surface area contributed by atoms with Crippen LogP contribution in [0, 0.1) is 13.8 Å². The van der Waals surface area contributed by atoms with Crippen molar-refractivity contribution < 1.29 is 19.8 Å². The molecule has 162 valence electrons. The normalized spacial score (nSPS) is 21.2. The van der Waals surface area contributed by atoms with Crippen molar-refractivity contribution in [3.8, 4) is 5.75 Å². The average molecular weight is 430 g/mol. The molecule has 1 amide bonds. The summed E-state index contributed by atoms with van der Waals surface area (Å²) in [7, 11) is 0. The van der Waals surface area contributed by atoms with E-state index < -0.39 is 17.4 Å². The molecular weight excluding hydrogens is 408 g/mol. The third-order valence-corrected chi connectivity index (χ3v) is 5.60. The van der Waals surface area contributed by atoms with Gasteiger partial charge in [0, 0.05) is 12.0 Å². The minimum atomic E-state index is -1.58. The van der Waals surface area contributed by atoms with E-state index in [1.165, 1.54) is 17.3 Å². The van der Waals surface area contributed by atoms with Crippen LogP contribution in [-0.4, -0.2) is 39.6 Å². The highest BCUT2D eigenvalue weighted by atomic mass is 16.4. The molecule has 2 aromatic rings. The van der Waals surface area contributed by atoms with Crippen LogP contribution in [0.25, 0.3) is 5.57 Å². The van der Waals surface area contributed by atoms with Crippen LogP contribution in [0.3, 0.4) is 0 Å². The van der Waals surface area contributed by atoms with Gasteiger partial charge in [-0.3, -0.25) is 10.2 Å². The van der Waals surface area contributed by atoms with Crippen LogP contribution in [-0.2, 0) is 9.59 Å². The third kappa shape index (κ3) is 3.78. The zero-order valence-corrected chi connectivity index (χ0v) is 17.6. The first-order chi connectivity index (χ1) is 15.3. The lowest BCUT2D eigenvalue weighted by Crippen LogP contribution is -2.49. The van der Waals surface area contributed by atoms with Crippen LogP contribution in [0.5, 0.6) is 5.75 Å². The number of anilines is 1. The number of carboxylic acids is 1. The maximum atomic E-state index is 12.8. The zero-order valence-electron chi connectivity index (χ0n) is 17.6. The predicted molar refractivity (Wildman–Crippen MR) is 123 cm³/mol. The highest BCUT2D eigenvalue weighted by Crippen LogP contribution is 2.34. The van der Waals surface area contributed by atoms with Crippen molar-refractivity contribution >= 4 is 35.1 Å². The van der Waals surface area contributed by atoms with Gasteiger partial charge < -0.3 is 10.2 Å². The first kappa shape index (κ1) is 21.0. The lowest BCUT2D eigenvalue weighted by Gasteiger charge is -2.29. The molecule has 0 fully saturated rings. The molecule has 2 aromatic carbocycles. The number of hydrogen-bond donors (Lipinski definition) is 3. The van der Waals surface area contributed by atoms with Crippen LogP contribution < -0.4 is 10.4 Å². The van der Waals surface area contributed by atoms with Gasteiger partial charge in [0.25, 0.3) is 0 Å². The smallest absolute Gasteiger partial charge is 0.335 e. The van der Waals surface area contributed by atoms with Gasteiger partial charge in [-0.1, -0.05) is 36.4 Å². The summed E-state index contributed by atoms with van der Waals surface area (Å²) >= 11 is 0. The van der Waals surface area contributed by atoms with Crippen molar-refractivity contribution in [3.63, 3.8) is 0 Å². The lowest BCUT2D eigenvalue weighted by atomic mass is 9.84. The molecule has 8 heteroatoms. The summed E-state index contributed by atoms with van der Waals surface area (Å²) in [6.07, 6.45) is 6.14. The van der Waals surface area contributed by atoms with Gasteiger partial charge in [-0.05, 0) is 54.8 Å². The van der Waals surface area contributed by atoms with Gasteiger partial charge in [0.15, 0.2) is 11.3 Å². The van der Waals surface area contributed by atoms with Crippen LogP contribution in [0.2, 0.25) is 0 Å². The number of benzene rings is 2. The van der Waals surface area contributed by atoms with E-state index in [0.29, 0.717) is 16.8 Å². The number of carboxylic acid groups (broad SMARTS) is 1. The van der Waals surface area contributed by atoms with Crippen molar-refractivity contribution in [2.75, 3.05) is 5.01 Å². The maximum Gasteiger partial charge on any atom is 0.335 e. The van der Waals surface area contributed by atoms with E-state index in [2.05, 4.69) is 15.6 Å². The van der Waals surface area contributed by atoms with E-state index in [0.717, 1.165) is 11.1 Å². The Morgan fingerprint density at radius 2 is 1.97 bits per heavy atom. The van der Waals surface area contributed by atoms with Crippen LogP contribution in [0.15, 0.2) is 70.9 Å². The van der Waals surface area contributed by atoms with Gasteiger partial charge >= 0.3 is 11.9 Å². The molecular formula is C24H22N4O4. The molecule has 0 radical (unpaired) electrons. The number of rotatable bonds is 5. The fourth-order valence-electron chi connectivity index (χ4n) is 3.56. The number of carbonyl (C=O) groups excluding carboxylic acids is 1. The quantitative estimate of drug-likeness (QED) is 0.631. The van der Waals surface area contributed by atoms with E-state index in [1.54, 1.807) is 42.5 Å². The minimum absolute atomic E-state index is 0.00378. The molecule has 1 aliphatic heterocycles. The van der Waals surface area contributed by atoms with Gasteiger partial charge in [0.05, 0.1) is 11.9 Å². The Hall–Kier alpha value is -4.20. The third-order valence-electron chi connectivity index (χ3n) is 5.60. The second-order valence-corrected chi connectivity index (χ2v) is 7.76. The summed E-state index contributed by atoms with van der Waals surface area (Å²) in [6.45, 7) is 3.92. The molecule has 1 unspecified atom stereocenters. The van der Waals surface area contributed by atoms with E-state index in [9.17, 15) is 19.8 Å². The van der Waals surface area contributed by atoms with E-state index in [4.69, 9.17) is 0 Å². The molecule has 3 N–H and O–H groups in total. The van der Waals surface area contributed by atoms with Crippen LogP contribution >= 0.6 is 0 Å². The molecule has 1 aliphatic carbocycles. The van der Waals surface area contributed by atoms with Crippen molar-refractivity contribution in [3.05, 3.63) is 77.4 Å². The second-order valence-electron chi connectivity index (χ2n) is 7.76. The summed E-state index contributed by atoms with van der Waals surface area (Å²) in [4.78, 5) is 25.0. The summed E-state index contributed by atoms with van der Waals surface area (Å²) in [5, 5.41) is 29.5. The van der Waals surface area contributed by atoms with Crippen molar-refractivity contribution in [1.29, 1.82) is 0 Å². The molecule has 0 aromatic heterocycles. The Kier molecular flexibility index (Phi) is 5.36. The van der Waals surface area contributed by atoms with Crippen LogP contribution in [0.4, 0.5) is 5.69 Å². The molecule has 0 bridgehead atoms. The zero-order chi connectivity index (χ0) is 22.9. The number of aliphatic carboxylic acids is 1. The Morgan fingerprint density at radius 3 is 2.69 bits per heavy atom. The summed E-state index contributed by atoms with van der Waals surface area (Å²) < 4.78 is 0. The SMILES string of the molecule is Cc1ccc(N2N=C/C(=N/NC3(C(=O)O)C=CC=C(c4ccccc4O)C3)C2=O)cc1C. The predicted octanol–water partition coefficient (Wildman–Crippen LogP) is 3.15. The van der Waals surface area contributed by atoms with Crippen LogP contribution in [0.1, 0.15) is 23.1 Å². The van der Waals surface area contributed by atoms with Gasteiger partial charge in [-0.15, -0.1) is 0 Å². The molecule has 2 aliphatic rings. The van der Waals surface area contributed by atoms with Gasteiger partial charge in [0.1, 0.15) is 5.75 Å². The number of carbonyl (C=O) groups is 2. The second kappa shape index (κ2) is 8.14. The molecule has 1 heterocycles. The number of phenols is 1. The molecule has 0 saturated carbocycles. The molecule has 8 nitrogen and oxygen atoms in total. The number of hydrogen-bond acceptors (Lipinski definition) is 6. The van der Waals surface area contributed by atoms with Crippen molar-refractivity contribution in [2.24, 2.45) is 10.2 Å². The number of phenolic OH excluding ortho intramolecular Hbond substituents is 1. The minimum Gasteiger partial charge on any atom is -0.507 e. The summed E-state index contributed by atoms with van der Waals surface area (Å²) in [5.41, 5.74) is 4.97. The van der Waals surface area contributed by atoms with Crippen molar-refractivity contribution in [1.82, 2.24) is 5.43 Å². The average Bonchev–Trinajstić information content (AvgIpc) is 3.15. The first-order valence-electron chi connectivity index (χ1n) is 10.0. The van der Waals surface area contributed by atoms with E-state index in [-0.39, 0.29) is 17.9 Å². The molecule has 1 atom stereocenters. The van der Waals surface area contributed by atoms with Gasteiger partial charge in [0.2, 0.25) is 0 Å². The topological polar surface area (TPSA) is 115 Å². The largest absolute Gasteiger partial charge is 0.507 e. The number of hydrazone groups is 2. The van der Waals surface area contributed by atoms with Gasteiger partial charge in [-0.2, -0.15) is 15.2 Å². The van der Waals surface area contributed by atoms with E-state index in [1.807, 2.05) is 26.0 Å². The molecule has 4 rings (SSSR count). The highest BCUT2D eigenvalue weighted by Gasteiger charge is 2.39. The Bertz CT molecular complexity index is 1230. The number of amides is 1. The summed E-state index contributed by atoms with van der Waals surface area (Å²) in [5.74, 6) is -1.56.